The van der Waals surface area contributed by atoms with Crippen LogP contribution in [0.1, 0.15) is 29.9 Å². The monoisotopic (exact) mass is 676 g/mol. The van der Waals surface area contributed by atoms with Crippen molar-refractivity contribution in [3.63, 3.8) is 0 Å². The lowest BCUT2D eigenvalue weighted by molar-refractivity contribution is -0.193. The number of sulfonamides is 1. The first-order valence-corrected chi connectivity index (χ1v) is 14.8. The van der Waals surface area contributed by atoms with Crippen molar-refractivity contribution < 1.29 is 63.8 Å². The molecule has 2 aromatic rings. The quantitative estimate of drug-likeness (QED) is 0.447. The van der Waals surface area contributed by atoms with E-state index in [1.165, 1.54) is 0 Å². The van der Waals surface area contributed by atoms with Gasteiger partial charge in [-0.1, -0.05) is 17.3 Å². The first kappa shape index (κ1) is 37.8. The van der Waals surface area contributed by atoms with Gasteiger partial charge < -0.3 is 24.4 Å². The first-order valence-electron chi connectivity index (χ1n) is 13.3. The second-order valence-corrected chi connectivity index (χ2v) is 12.2. The minimum atomic E-state index is -5.08. The molecule has 4 rings (SSSR count). The number of benzene rings is 1. The zero-order valence-electron chi connectivity index (χ0n) is 24.7. The van der Waals surface area contributed by atoms with Gasteiger partial charge in [0, 0.05) is 38.3 Å². The summed E-state index contributed by atoms with van der Waals surface area (Å²) in [7, 11) is 0.282. The van der Waals surface area contributed by atoms with Crippen LogP contribution in [0.2, 0.25) is 0 Å². The molecule has 1 fully saturated rings. The summed E-state index contributed by atoms with van der Waals surface area (Å²) in [5, 5.41) is 18.3. The molecule has 1 saturated heterocycles. The van der Waals surface area contributed by atoms with Gasteiger partial charge in [0.15, 0.2) is 0 Å². The highest BCUT2D eigenvalue weighted by molar-refractivity contribution is 7.89. The van der Waals surface area contributed by atoms with Gasteiger partial charge in [-0.15, -0.1) is 0 Å². The van der Waals surface area contributed by atoms with Gasteiger partial charge in [-0.3, -0.25) is 4.90 Å². The number of carbonyl (C=O) groups is 2. The molecular weight excluding hydrogens is 642 g/mol. The average Bonchev–Trinajstić information content (AvgIpc) is 3.06. The van der Waals surface area contributed by atoms with E-state index in [0.717, 1.165) is 43.1 Å². The van der Waals surface area contributed by atoms with Crippen LogP contribution in [0.3, 0.4) is 0 Å². The Kier molecular flexibility index (Phi) is 12.8. The van der Waals surface area contributed by atoms with Crippen molar-refractivity contribution in [2.24, 2.45) is 0 Å². The van der Waals surface area contributed by atoms with Gasteiger partial charge in [0.2, 0.25) is 10.0 Å². The van der Waals surface area contributed by atoms with Crippen molar-refractivity contribution in [2.45, 2.75) is 62.6 Å². The van der Waals surface area contributed by atoms with Crippen molar-refractivity contribution in [1.82, 2.24) is 19.3 Å². The second kappa shape index (κ2) is 15.2. The Morgan fingerprint density at radius 3 is 2.02 bits per heavy atom. The van der Waals surface area contributed by atoms with Gasteiger partial charge in [-0.25, -0.2) is 18.0 Å². The van der Waals surface area contributed by atoms with Crippen molar-refractivity contribution in [3.8, 4) is 5.75 Å². The highest BCUT2D eigenvalue weighted by atomic mass is 32.2. The summed E-state index contributed by atoms with van der Waals surface area (Å²) >= 11 is 0. The largest absolute Gasteiger partial charge is 0.490 e. The fraction of sp³-hybridized carbons (Fsp3) is 0.577. The van der Waals surface area contributed by atoms with Crippen molar-refractivity contribution in [1.29, 1.82) is 0 Å². The number of hydrogen-bond acceptors (Lipinski definition) is 9. The molecule has 12 nitrogen and oxygen atoms in total. The molecule has 2 aliphatic heterocycles. The van der Waals surface area contributed by atoms with Gasteiger partial charge in [0.25, 0.3) is 0 Å². The van der Waals surface area contributed by atoms with E-state index >= 15 is 0 Å². The van der Waals surface area contributed by atoms with Crippen LogP contribution in [0.5, 0.6) is 5.75 Å². The summed E-state index contributed by atoms with van der Waals surface area (Å²) in [6.07, 6.45) is -8.87. The molecule has 3 heterocycles. The lowest BCUT2D eigenvalue weighted by atomic mass is 10.1. The van der Waals surface area contributed by atoms with E-state index in [0.29, 0.717) is 25.3 Å². The van der Waals surface area contributed by atoms with Gasteiger partial charge in [0.1, 0.15) is 22.5 Å². The number of likely N-dealkylation sites (tertiary alicyclic amines) is 1. The Bertz CT molecular complexity index is 1370. The van der Waals surface area contributed by atoms with Gasteiger partial charge >= 0.3 is 24.3 Å². The number of aliphatic carboxylic acids is 2. The summed E-state index contributed by atoms with van der Waals surface area (Å²) < 4.78 is 104. The van der Waals surface area contributed by atoms with Crippen molar-refractivity contribution >= 4 is 22.0 Å². The maximum absolute atomic E-state index is 13.6. The number of aromatic nitrogens is 1. The number of aryl methyl sites for hydroxylation is 2. The number of nitrogens with zero attached hydrogens (tertiary/aromatic N) is 4. The smallest absolute Gasteiger partial charge is 0.487 e. The standard InChI is InChI=1S/C22H32N4O4S.2C2HF3O2/c1-16-18(17(2)30-23-16)15-25-11-9-19-20(10-12-25)29-21-7-5-6-8-22(21)31(27,28)26(19)14-13-24(3)4;2*3-2(4,5)1(6)7/h5-8,19-20H,9-15H2,1-4H3;2*(H,6,7)/t19-,20-;;/m0../s1. The highest BCUT2D eigenvalue weighted by Gasteiger charge is 2.43. The number of likely N-dealkylation sites (N-methyl/N-ethyl adjacent to an activating group) is 1. The van der Waals surface area contributed by atoms with Crippen LogP contribution in [0.15, 0.2) is 33.7 Å². The Morgan fingerprint density at radius 1 is 1.00 bits per heavy atom. The molecule has 1 aromatic heterocycles. The molecule has 19 heteroatoms. The van der Waals surface area contributed by atoms with Crippen LogP contribution in [0, 0.1) is 13.8 Å². The maximum Gasteiger partial charge on any atom is 0.490 e. The third kappa shape index (κ3) is 10.6. The Labute approximate surface area is 255 Å². The third-order valence-corrected chi connectivity index (χ3v) is 8.76. The zero-order valence-corrected chi connectivity index (χ0v) is 25.5. The summed E-state index contributed by atoms with van der Waals surface area (Å²) in [6, 6.07) is 6.82. The molecule has 2 aliphatic rings. The molecule has 0 saturated carbocycles. The number of para-hydroxylation sites is 1. The number of fused-ring (bicyclic) bond motifs is 2. The molecular formula is C26H34F6N4O8S. The molecule has 254 valence electrons. The number of hydrogen-bond donors (Lipinski definition) is 2. The van der Waals surface area contributed by atoms with Crippen LogP contribution < -0.4 is 4.74 Å². The molecule has 0 radical (unpaired) electrons. The number of carboxylic acid groups (broad SMARTS) is 2. The minimum Gasteiger partial charge on any atom is -0.487 e. The Morgan fingerprint density at radius 2 is 1.53 bits per heavy atom. The summed E-state index contributed by atoms with van der Waals surface area (Å²) in [5.41, 5.74) is 2.03. The van der Waals surface area contributed by atoms with Gasteiger partial charge in [-0.2, -0.15) is 30.6 Å². The van der Waals surface area contributed by atoms with Crippen LogP contribution in [0.4, 0.5) is 26.3 Å². The molecule has 2 N–H and O–H groups in total. The number of ether oxygens (including phenoxy) is 1. The fourth-order valence-corrected chi connectivity index (χ4v) is 6.30. The second-order valence-electron chi connectivity index (χ2n) is 10.4. The van der Waals surface area contributed by atoms with Crippen LogP contribution in [0.25, 0.3) is 0 Å². The van der Waals surface area contributed by atoms with E-state index in [4.69, 9.17) is 29.1 Å². The van der Waals surface area contributed by atoms with Crippen molar-refractivity contribution in [2.75, 3.05) is 40.3 Å². The predicted molar refractivity (Wildman–Crippen MR) is 145 cm³/mol. The molecule has 2 atom stereocenters. The number of halogens is 6. The molecule has 1 aromatic carbocycles. The fourth-order valence-electron chi connectivity index (χ4n) is 4.50. The van der Waals surface area contributed by atoms with E-state index < -0.39 is 34.3 Å². The lowest BCUT2D eigenvalue weighted by Crippen LogP contribution is -2.49. The van der Waals surface area contributed by atoms with E-state index in [1.54, 1.807) is 22.5 Å². The van der Waals surface area contributed by atoms with Gasteiger partial charge in [0.05, 0.1) is 11.7 Å². The minimum absolute atomic E-state index is 0.185. The van der Waals surface area contributed by atoms with E-state index in [9.17, 15) is 34.8 Å². The number of alkyl halides is 6. The number of rotatable bonds is 5. The predicted octanol–water partition coefficient (Wildman–Crippen LogP) is 3.54. The van der Waals surface area contributed by atoms with E-state index in [-0.39, 0.29) is 17.0 Å². The van der Waals surface area contributed by atoms with E-state index in [1.807, 2.05) is 38.9 Å². The lowest BCUT2D eigenvalue weighted by Gasteiger charge is -2.32. The third-order valence-electron chi connectivity index (χ3n) is 6.80. The van der Waals surface area contributed by atoms with Crippen LogP contribution in [-0.4, -0.2) is 115 Å². The topological polar surface area (TPSA) is 154 Å². The molecule has 45 heavy (non-hydrogen) atoms. The maximum atomic E-state index is 13.6. The van der Waals surface area contributed by atoms with E-state index in [2.05, 4.69) is 10.1 Å². The summed E-state index contributed by atoms with van der Waals surface area (Å²) in [4.78, 5) is 22.4. The molecule has 0 spiro atoms. The number of carboxylic acids is 2. The molecule has 0 amide bonds. The zero-order chi connectivity index (χ0) is 34.3. The van der Waals surface area contributed by atoms with Gasteiger partial charge in [-0.05, 0) is 52.9 Å². The van der Waals surface area contributed by atoms with Crippen molar-refractivity contribution in [3.05, 3.63) is 41.3 Å². The molecule has 0 aliphatic carbocycles. The SMILES string of the molecule is Cc1noc(C)c1CN1CC[C@@H]2Oc3ccccc3S(=O)(=O)N(CCN(C)C)[C@H]2CC1.O=C(O)C(F)(F)F.O=C(O)C(F)(F)F. The molecule has 0 unspecified atom stereocenters. The molecule has 0 bridgehead atoms. The highest BCUT2D eigenvalue weighted by Crippen LogP contribution is 2.36. The Balaban J connectivity index is 0.000000421. The van der Waals surface area contributed by atoms with Crippen LogP contribution >= 0.6 is 0 Å². The summed E-state index contributed by atoms with van der Waals surface area (Å²) in [6.45, 7) is 7.37. The normalized spacial score (nSPS) is 20.2. The average molecular weight is 677 g/mol. The van der Waals surface area contributed by atoms with Crippen LogP contribution in [-0.2, 0) is 26.2 Å². The summed E-state index contributed by atoms with van der Waals surface area (Å²) in [5.74, 6) is -4.21. The first-order chi connectivity index (χ1) is 20.7. The Hall–Kier alpha value is -3.42.